The molecule has 1 aromatic carbocycles. The fourth-order valence-electron chi connectivity index (χ4n) is 1.84. The summed E-state index contributed by atoms with van der Waals surface area (Å²) in [4.78, 5) is 4.07. The second kappa shape index (κ2) is 5.61. The number of halogens is 4. The van der Waals surface area contributed by atoms with Crippen LogP contribution in [0, 0.1) is 0 Å². The van der Waals surface area contributed by atoms with Crippen molar-refractivity contribution in [1.29, 1.82) is 0 Å². The molecule has 100 valence electrons. The minimum absolute atomic E-state index is 0.0855. The molecule has 0 fully saturated rings. The minimum atomic E-state index is -4.39. The smallest absolute Gasteiger partial charge is 0.261 e. The lowest BCUT2D eigenvalue weighted by Crippen LogP contribution is -2.11. The average Bonchev–Trinajstić information content (AvgIpc) is 2.39. The van der Waals surface area contributed by atoms with E-state index in [2.05, 4.69) is 4.98 Å². The van der Waals surface area contributed by atoms with Gasteiger partial charge in [-0.25, -0.2) is 0 Å². The van der Waals surface area contributed by atoms with Crippen LogP contribution in [0.3, 0.4) is 0 Å². The van der Waals surface area contributed by atoms with Gasteiger partial charge >= 0.3 is 6.18 Å². The summed E-state index contributed by atoms with van der Waals surface area (Å²) in [5.74, 6) is 0. The molecule has 0 aliphatic rings. The fourth-order valence-corrected chi connectivity index (χ4v) is 2.19. The number of pyridine rings is 1. The average molecular weight is 286 g/mol. The number of benzene rings is 1. The van der Waals surface area contributed by atoms with Crippen molar-refractivity contribution < 1.29 is 13.2 Å². The fraction of sp³-hybridized carbons (Fsp3) is 0.214. The van der Waals surface area contributed by atoms with Gasteiger partial charge in [-0.3, -0.25) is 4.98 Å². The van der Waals surface area contributed by atoms with Gasteiger partial charge in [0.05, 0.1) is 10.9 Å². The van der Waals surface area contributed by atoms with Gasteiger partial charge in [0.1, 0.15) is 0 Å². The van der Waals surface area contributed by atoms with Crippen LogP contribution in [0.15, 0.2) is 48.7 Å². The maximum Gasteiger partial charge on any atom is 0.416 e. The molecule has 0 aliphatic carbocycles. The first-order valence-corrected chi connectivity index (χ1v) is 6.12. The number of nitrogens with zero attached hydrogens (tertiary/aromatic N) is 1. The lowest BCUT2D eigenvalue weighted by atomic mass is 10.0. The van der Waals surface area contributed by atoms with Gasteiger partial charge in [-0.1, -0.05) is 24.3 Å². The van der Waals surface area contributed by atoms with E-state index in [0.29, 0.717) is 5.69 Å². The molecular formula is C14H11ClF3N. The zero-order chi connectivity index (χ0) is 13.9. The van der Waals surface area contributed by atoms with Gasteiger partial charge in [0.15, 0.2) is 0 Å². The summed E-state index contributed by atoms with van der Waals surface area (Å²) in [5.41, 5.74) is 0.0627. The van der Waals surface area contributed by atoms with Crippen LogP contribution in [0.25, 0.3) is 0 Å². The Balaban J connectivity index is 2.27. The van der Waals surface area contributed by atoms with Crippen LogP contribution in [0.5, 0.6) is 0 Å². The number of rotatable bonds is 3. The second-order valence-electron chi connectivity index (χ2n) is 4.08. The van der Waals surface area contributed by atoms with Crippen molar-refractivity contribution in [3.05, 3.63) is 65.5 Å². The third kappa shape index (κ3) is 3.47. The summed E-state index contributed by atoms with van der Waals surface area (Å²) >= 11 is 6.11. The second-order valence-corrected chi connectivity index (χ2v) is 4.60. The van der Waals surface area contributed by atoms with Gasteiger partial charge in [-0.2, -0.15) is 13.2 Å². The van der Waals surface area contributed by atoms with E-state index in [0.717, 1.165) is 6.07 Å². The number of hydrogen-bond donors (Lipinski definition) is 0. The van der Waals surface area contributed by atoms with E-state index >= 15 is 0 Å². The summed E-state index contributed by atoms with van der Waals surface area (Å²) in [6.45, 7) is 0. The Morgan fingerprint density at radius 2 is 1.74 bits per heavy atom. The Hall–Kier alpha value is -1.55. The van der Waals surface area contributed by atoms with E-state index in [-0.39, 0.29) is 12.0 Å². The molecule has 0 saturated carbocycles. The molecule has 2 rings (SSSR count). The highest BCUT2D eigenvalue weighted by Gasteiger charge is 2.34. The summed E-state index contributed by atoms with van der Waals surface area (Å²) in [7, 11) is 0. The molecule has 19 heavy (non-hydrogen) atoms. The molecule has 0 radical (unpaired) electrons. The molecule has 2 aromatic rings. The molecule has 1 unspecified atom stereocenters. The number of alkyl halides is 4. The molecule has 1 nitrogen and oxygen atoms in total. The minimum Gasteiger partial charge on any atom is -0.261 e. The van der Waals surface area contributed by atoms with Gasteiger partial charge in [-0.05, 0) is 23.8 Å². The topological polar surface area (TPSA) is 12.9 Å². The first kappa shape index (κ1) is 13.9. The number of aromatic nitrogens is 1. The monoisotopic (exact) mass is 285 g/mol. The summed E-state index contributed by atoms with van der Waals surface area (Å²) in [6.07, 6.45) is -2.54. The van der Waals surface area contributed by atoms with Crippen LogP contribution >= 0.6 is 11.6 Å². The van der Waals surface area contributed by atoms with E-state index in [1.165, 1.54) is 12.1 Å². The van der Waals surface area contributed by atoms with E-state index < -0.39 is 17.1 Å². The molecule has 0 aliphatic heterocycles. The SMILES string of the molecule is FC(F)(F)c1ccccc1C(Cl)Cc1ccccn1. The van der Waals surface area contributed by atoms with Crippen molar-refractivity contribution >= 4 is 11.6 Å². The molecule has 0 saturated heterocycles. The molecule has 1 heterocycles. The molecule has 5 heteroatoms. The zero-order valence-electron chi connectivity index (χ0n) is 9.86. The Morgan fingerprint density at radius 1 is 1.05 bits per heavy atom. The Bertz CT molecular complexity index is 540. The maximum atomic E-state index is 12.9. The predicted octanol–water partition coefficient (Wildman–Crippen LogP) is 4.62. The molecule has 1 atom stereocenters. The largest absolute Gasteiger partial charge is 0.416 e. The standard InChI is InChI=1S/C14H11ClF3N/c15-13(9-10-5-3-4-8-19-10)11-6-1-2-7-12(11)14(16,17)18/h1-8,13H,9H2. The zero-order valence-corrected chi connectivity index (χ0v) is 10.6. The van der Waals surface area contributed by atoms with Gasteiger partial charge in [0, 0.05) is 18.3 Å². The van der Waals surface area contributed by atoms with E-state index in [9.17, 15) is 13.2 Å². The number of hydrogen-bond acceptors (Lipinski definition) is 1. The third-order valence-corrected chi connectivity index (χ3v) is 3.11. The van der Waals surface area contributed by atoms with Crippen LogP contribution in [0.1, 0.15) is 22.2 Å². The first-order valence-electron chi connectivity index (χ1n) is 5.68. The van der Waals surface area contributed by atoms with E-state index in [4.69, 9.17) is 11.6 Å². The van der Waals surface area contributed by atoms with Gasteiger partial charge < -0.3 is 0 Å². The van der Waals surface area contributed by atoms with Crippen LogP contribution in [-0.2, 0) is 12.6 Å². The molecule has 0 spiro atoms. The van der Waals surface area contributed by atoms with Crippen molar-refractivity contribution in [3.8, 4) is 0 Å². The highest BCUT2D eigenvalue weighted by atomic mass is 35.5. The molecule has 0 N–H and O–H groups in total. The lowest BCUT2D eigenvalue weighted by molar-refractivity contribution is -0.138. The lowest BCUT2D eigenvalue weighted by Gasteiger charge is -2.16. The molecular weight excluding hydrogens is 275 g/mol. The van der Waals surface area contributed by atoms with Gasteiger partial charge in [0.2, 0.25) is 0 Å². The highest BCUT2D eigenvalue weighted by Crippen LogP contribution is 2.37. The summed E-state index contributed by atoms with van der Waals surface area (Å²) in [5, 5.41) is -0.757. The maximum absolute atomic E-state index is 12.9. The highest BCUT2D eigenvalue weighted by molar-refractivity contribution is 6.21. The molecule has 0 amide bonds. The normalized spacial score (nSPS) is 13.3. The Morgan fingerprint density at radius 3 is 2.37 bits per heavy atom. The third-order valence-electron chi connectivity index (χ3n) is 2.72. The summed E-state index contributed by atoms with van der Waals surface area (Å²) < 4.78 is 38.6. The molecule has 1 aromatic heterocycles. The van der Waals surface area contributed by atoms with Crippen LogP contribution < -0.4 is 0 Å². The van der Waals surface area contributed by atoms with Gasteiger partial charge in [-0.15, -0.1) is 11.6 Å². The Kier molecular flexibility index (Phi) is 4.10. The van der Waals surface area contributed by atoms with E-state index in [1.807, 2.05) is 0 Å². The quantitative estimate of drug-likeness (QED) is 0.750. The van der Waals surface area contributed by atoms with Crippen molar-refractivity contribution in [2.45, 2.75) is 18.0 Å². The Labute approximate surface area is 114 Å². The van der Waals surface area contributed by atoms with Crippen LogP contribution in [0.4, 0.5) is 13.2 Å². The van der Waals surface area contributed by atoms with E-state index in [1.54, 1.807) is 30.5 Å². The van der Waals surface area contributed by atoms with Crippen molar-refractivity contribution in [3.63, 3.8) is 0 Å². The predicted molar refractivity (Wildman–Crippen MR) is 68.0 cm³/mol. The first-order chi connectivity index (χ1) is 8.98. The van der Waals surface area contributed by atoms with Crippen LogP contribution in [0.2, 0.25) is 0 Å². The van der Waals surface area contributed by atoms with Crippen LogP contribution in [-0.4, -0.2) is 4.98 Å². The van der Waals surface area contributed by atoms with Crippen molar-refractivity contribution in [2.24, 2.45) is 0 Å². The van der Waals surface area contributed by atoms with Gasteiger partial charge in [0.25, 0.3) is 0 Å². The van der Waals surface area contributed by atoms with Crippen molar-refractivity contribution in [2.75, 3.05) is 0 Å². The molecule has 0 bridgehead atoms. The summed E-state index contributed by atoms with van der Waals surface area (Å²) in [6, 6.07) is 10.6. The van der Waals surface area contributed by atoms with Crippen molar-refractivity contribution in [1.82, 2.24) is 4.98 Å².